The van der Waals surface area contributed by atoms with Gasteiger partial charge in [-0.1, -0.05) is 36.4 Å². The summed E-state index contributed by atoms with van der Waals surface area (Å²) >= 11 is 1.67. The minimum Gasteiger partial charge on any atom is -0.305 e. The average molecular weight is 336 g/mol. The molecule has 0 fully saturated rings. The van der Waals surface area contributed by atoms with E-state index >= 15 is 0 Å². The molecule has 0 spiro atoms. The quantitative estimate of drug-likeness (QED) is 0.558. The number of nitrogens with one attached hydrogen (secondary N) is 1. The summed E-state index contributed by atoms with van der Waals surface area (Å²) in [6.45, 7) is 1.73. The molecule has 0 bridgehead atoms. The third-order valence-corrected chi connectivity index (χ3v) is 4.29. The molecule has 2 rings (SSSR count). The van der Waals surface area contributed by atoms with Crippen molar-refractivity contribution in [3.05, 3.63) is 76.0 Å². The van der Waals surface area contributed by atoms with E-state index in [0.29, 0.717) is 17.7 Å². The molecule has 122 valence electrons. The van der Waals surface area contributed by atoms with Crippen LogP contribution >= 0.6 is 11.3 Å². The van der Waals surface area contributed by atoms with E-state index in [1.807, 2.05) is 53.9 Å². The second kappa shape index (κ2) is 8.89. The third kappa shape index (κ3) is 5.25. The lowest BCUT2D eigenvalue weighted by Gasteiger charge is -2.01. The number of thiophene rings is 1. The molecule has 1 aromatic carbocycles. The zero-order chi connectivity index (χ0) is 17.4. The fraction of sp³-hybridized carbons (Fsp3) is 0.150. The molecule has 0 unspecified atom stereocenters. The van der Waals surface area contributed by atoms with Crippen molar-refractivity contribution in [3.8, 4) is 0 Å². The Morgan fingerprint density at radius 2 is 1.88 bits per heavy atom. The second-order valence-corrected chi connectivity index (χ2v) is 6.21. The number of nitrogens with zero attached hydrogens (tertiary/aromatic N) is 1. The SMILES string of the molecule is CN=C(/C=C\CC(=O)c1ccc(C(C)=N)cc1)/C=C/c1cccs1. The summed E-state index contributed by atoms with van der Waals surface area (Å²) in [6, 6.07) is 11.2. The molecule has 0 saturated heterocycles. The van der Waals surface area contributed by atoms with Gasteiger partial charge in [-0.15, -0.1) is 11.3 Å². The van der Waals surface area contributed by atoms with Crippen LogP contribution in [-0.2, 0) is 0 Å². The van der Waals surface area contributed by atoms with Gasteiger partial charge >= 0.3 is 0 Å². The van der Waals surface area contributed by atoms with Crippen LogP contribution in [0.3, 0.4) is 0 Å². The van der Waals surface area contributed by atoms with Crippen LogP contribution in [0.2, 0.25) is 0 Å². The minimum absolute atomic E-state index is 0.0538. The largest absolute Gasteiger partial charge is 0.305 e. The average Bonchev–Trinajstić information content (AvgIpc) is 3.11. The van der Waals surface area contributed by atoms with Crippen LogP contribution in [0.1, 0.15) is 34.1 Å². The first-order valence-corrected chi connectivity index (χ1v) is 8.52. The van der Waals surface area contributed by atoms with E-state index in [0.717, 1.165) is 11.3 Å². The van der Waals surface area contributed by atoms with E-state index in [1.54, 1.807) is 37.4 Å². The molecule has 0 saturated carbocycles. The van der Waals surface area contributed by atoms with Gasteiger partial charge in [-0.25, -0.2) is 0 Å². The fourth-order valence-electron chi connectivity index (χ4n) is 2.07. The first-order valence-electron chi connectivity index (χ1n) is 7.64. The molecule has 1 aromatic heterocycles. The molecular weight excluding hydrogens is 316 g/mol. The molecule has 0 aliphatic carbocycles. The summed E-state index contributed by atoms with van der Waals surface area (Å²) in [7, 11) is 1.73. The number of hydrogen-bond acceptors (Lipinski definition) is 4. The third-order valence-electron chi connectivity index (χ3n) is 3.45. The highest BCUT2D eigenvalue weighted by Gasteiger charge is 2.04. The van der Waals surface area contributed by atoms with Crippen molar-refractivity contribution >= 4 is 34.6 Å². The van der Waals surface area contributed by atoms with Gasteiger partial charge in [0.15, 0.2) is 5.78 Å². The van der Waals surface area contributed by atoms with Gasteiger partial charge in [-0.2, -0.15) is 0 Å². The van der Waals surface area contributed by atoms with E-state index in [4.69, 9.17) is 5.41 Å². The molecule has 0 aliphatic heterocycles. The van der Waals surface area contributed by atoms with Crippen molar-refractivity contribution < 1.29 is 4.79 Å². The van der Waals surface area contributed by atoms with E-state index in [9.17, 15) is 4.79 Å². The maximum atomic E-state index is 12.2. The Morgan fingerprint density at radius 3 is 2.46 bits per heavy atom. The molecule has 1 N–H and O–H groups in total. The molecule has 3 nitrogen and oxygen atoms in total. The van der Waals surface area contributed by atoms with E-state index in [-0.39, 0.29) is 5.78 Å². The standard InChI is InChI=1S/C20H20N2OS/c1-15(21)16-8-10-17(11-9-16)20(23)7-3-5-18(22-2)12-13-19-6-4-14-24-19/h3-6,8-14,21H,7H2,1-2H3/b5-3-,13-12+,21-15?,22-18?. The number of carbonyl (C=O) groups is 1. The van der Waals surface area contributed by atoms with Gasteiger partial charge in [0, 0.05) is 29.6 Å². The molecule has 0 amide bonds. The Kier molecular flexibility index (Phi) is 6.58. The first-order chi connectivity index (χ1) is 11.6. The molecule has 1 heterocycles. The molecule has 24 heavy (non-hydrogen) atoms. The predicted octanol–water partition coefficient (Wildman–Crippen LogP) is 5.05. The van der Waals surface area contributed by atoms with Crippen LogP contribution in [-0.4, -0.2) is 24.3 Å². The Labute approximate surface area is 146 Å². The van der Waals surface area contributed by atoms with Crippen LogP contribution < -0.4 is 0 Å². The van der Waals surface area contributed by atoms with Gasteiger partial charge < -0.3 is 5.41 Å². The van der Waals surface area contributed by atoms with Crippen molar-refractivity contribution in [2.45, 2.75) is 13.3 Å². The maximum Gasteiger partial charge on any atom is 0.166 e. The maximum absolute atomic E-state index is 12.2. The van der Waals surface area contributed by atoms with Crippen molar-refractivity contribution in [2.75, 3.05) is 7.05 Å². The van der Waals surface area contributed by atoms with Gasteiger partial charge in [-0.05, 0) is 42.2 Å². The van der Waals surface area contributed by atoms with Gasteiger partial charge in [0.25, 0.3) is 0 Å². The molecule has 0 atom stereocenters. The normalized spacial score (nSPS) is 12.2. The lowest BCUT2D eigenvalue weighted by atomic mass is 10.0. The summed E-state index contributed by atoms with van der Waals surface area (Å²) in [4.78, 5) is 17.5. The van der Waals surface area contributed by atoms with Crippen molar-refractivity contribution in [2.24, 2.45) is 4.99 Å². The number of aliphatic imine (C=N–C) groups is 1. The molecule has 0 radical (unpaired) electrons. The highest BCUT2D eigenvalue weighted by Crippen LogP contribution is 2.11. The molecular formula is C20H20N2OS. The smallest absolute Gasteiger partial charge is 0.166 e. The zero-order valence-electron chi connectivity index (χ0n) is 13.8. The van der Waals surface area contributed by atoms with E-state index < -0.39 is 0 Å². The van der Waals surface area contributed by atoms with Crippen molar-refractivity contribution in [3.63, 3.8) is 0 Å². The van der Waals surface area contributed by atoms with Gasteiger partial charge in [0.2, 0.25) is 0 Å². The zero-order valence-corrected chi connectivity index (χ0v) is 14.6. The Morgan fingerprint density at radius 1 is 1.17 bits per heavy atom. The highest BCUT2D eigenvalue weighted by atomic mass is 32.1. The number of benzene rings is 1. The van der Waals surface area contributed by atoms with Crippen molar-refractivity contribution in [1.82, 2.24) is 0 Å². The van der Waals surface area contributed by atoms with Crippen LogP contribution in [0.4, 0.5) is 0 Å². The van der Waals surface area contributed by atoms with Crippen LogP contribution in [0, 0.1) is 5.41 Å². The topological polar surface area (TPSA) is 53.3 Å². The van der Waals surface area contributed by atoms with Crippen molar-refractivity contribution in [1.29, 1.82) is 5.41 Å². The Hall–Kier alpha value is -2.59. The van der Waals surface area contributed by atoms with E-state index in [1.165, 1.54) is 4.88 Å². The number of hydrogen-bond donors (Lipinski definition) is 1. The number of allylic oxidation sites excluding steroid dienone is 3. The van der Waals surface area contributed by atoms with Gasteiger partial charge in [-0.3, -0.25) is 9.79 Å². The van der Waals surface area contributed by atoms with Crippen LogP contribution in [0.15, 0.2) is 65.0 Å². The highest BCUT2D eigenvalue weighted by molar-refractivity contribution is 7.10. The Balaban J connectivity index is 1.94. The molecule has 4 heteroatoms. The van der Waals surface area contributed by atoms with Crippen LogP contribution in [0.5, 0.6) is 0 Å². The minimum atomic E-state index is 0.0538. The summed E-state index contributed by atoms with van der Waals surface area (Å²) in [5.74, 6) is 0.0538. The first kappa shape index (κ1) is 17.8. The number of carbonyl (C=O) groups excluding carboxylic acids is 1. The van der Waals surface area contributed by atoms with Gasteiger partial charge in [0.1, 0.15) is 0 Å². The molecule has 0 aliphatic rings. The monoisotopic (exact) mass is 336 g/mol. The lowest BCUT2D eigenvalue weighted by molar-refractivity contribution is 0.0996. The Bertz CT molecular complexity index is 782. The number of Topliss-reactive ketones (excluding diaryl/α,β-unsaturated/α-hetero) is 1. The summed E-state index contributed by atoms with van der Waals surface area (Å²) in [6.07, 6.45) is 7.97. The predicted molar refractivity (Wildman–Crippen MR) is 104 cm³/mol. The number of rotatable bonds is 7. The summed E-state index contributed by atoms with van der Waals surface area (Å²) in [5.41, 5.74) is 2.82. The fourth-order valence-corrected chi connectivity index (χ4v) is 2.69. The second-order valence-electron chi connectivity index (χ2n) is 5.23. The van der Waals surface area contributed by atoms with Gasteiger partial charge in [0.05, 0.1) is 5.71 Å². The van der Waals surface area contributed by atoms with Crippen LogP contribution in [0.25, 0.3) is 6.08 Å². The lowest BCUT2D eigenvalue weighted by Crippen LogP contribution is -1.99. The molecule has 2 aromatic rings. The number of ketones is 1. The summed E-state index contributed by atoms with van der Waals surface area (Å²) in [5, 5.41) is 9.60. The van der Waals surface area contributed by atoms with E-state index in [2.05, 4.69) is 4.99 Å². The summed E-state index contributed by atoms with van der Waals surface area (Å²) < 4.78 is 0.